The highest BCUT2D eigenvalue weighted by atomic mass is 16.6. The second kappa shape index (κ2) is 6.39. The number of benzene rings is 1. The number of ether oxygens (including phenoxy) is 4. The van der Waals surface area contributed by atoms with E-state index in [4.69, 9.17) is 18.9 Å². The molecule has 0 spiro atoms. The predicted octanol–water partition coefficient (Wildman–Crippen LogP) is 4.52. The summed E-state index contributed by atoms with van der Waals surface area (Å²) < 4.78 is 23.9. The molecule has 0 aromatic heterocycles. The van der Waals surface area contributed by atoms with Gasteiger partial charge in [0.2, 0.25) is 0 Å². The van der Waals surface area contributed by atoms with Crippen LogP contribution in [0.3, 0.4) is 0 Å². The maximum absolute atomic E-state index is 12.5. The van der Waals surface area contributed by atoms with Crippen LogP contribution in [0.1, 0.15) is 80.4 Å². The number of carbonyl (C=O) groups is 2. The average molecular weight is 429 g/mol. The van der Waals surface area contributed by atoms with Crippen LogP contribution in [0.25, 0.3) is 0 Å². The van der Waals surface area contributed by atoms with Crippen LogP contribution in [-0.4, -0.2) is 30.3 Å². The zero-order chi connectivity index (χ0) is 22.3. The molecule has 1 aromatic rings. The van der Waals surface area contributed by atoms with Crippen LogP contribution in [-0.2, 0) is 27.3 Å². The topological polar surface area (TPSA) is 71.1 Å². The highest BCUT2D eigenvalue weighted by Crippen LogP contribution is 2.62. The van der Waals surface area contributed by atoms with Gasteiger partial charge in [-0.05, 0) is 64.4 Å². The first-order valence-electron chi connectivity index (χ1n) is 11.3. The third-order valence-corrected chi connectivity index (χ3v) is 8.71. The van der Waals surface area contributed by atoms with Gasteiger partial charge in [0, 0.05) is 29.4 Å². The number of cyclic esters (lactones) is 2. The molecule has 0 N–H and O–H groups in total. The van der Waals surface area contributed by atoms with Crippen molar-refractivity contribution in [3.8, 4) is 11.5 Å². The molecule has 4 aliphatic rings. The Morgan fingerprint density at radius 3 is 2.45 bits per heavy atom. The van der Waals surface area contributed by atoms with Crippen molar-refractivity contribution in [2.24, 2.45) is 17.3 Å². The number of hydrogen-bond donors (Lipinski definition) is 0. The fourth-order valence-corrected chi connectivity index (χ4v) is 7.26. The Bertz CT molecular complexity index is 994. The van der Waals surface area contributed by atoms with Crippen LogP contribution < -0.4 is 9.47 Å². The number of esters is 2. The van der Waals surface area contributed by atoms with Gasteiger partial charge in [-0.1, -0.05) is 6.92 Å². The van der Waals surface area contributed by atoms with E-state index in [0.717, 1.165) is 48.1 Å². The van der Waals surface area contributed by atoms with Crippen LogP contribution >= 0.6 is 0 Å². The van der Waals surface area contributed by atoms with E-state index in [1.54, 1.807) is 7.11 Å². The lowest BCUT2D eigenvalue weighted by atomic mass is 9.49. The second-order valence-electron chi connectivity index (χ2n) is 10.7. The van der Waals surface area contributed by atoms with Crippen molar-refractivity contribution in [1.29, 1.82) is 0 Å². The Hall–Kier alpha value is -2.24. The van der Waals surface area contributed by atoms with Crippen LogP contribution in [0.4, 0.5) is 0 Å². The summed E-state index contributed by atoms with van der Waals surface area (Å²) in [6.07, 6.45) is 3.78. The van der Waals surface area contributed by atoms with Gasteiger partial charge in [-0.15, -0.1) is 0 Å². The molecule has 0 radical (unpaired) electrons. The molecule has 1 saturated carbocycles. The number of fused-ring (bicyclic) bond motifs is 5. The second-order valence-corrected chi connectivity index (χ2v) is 10.7. The SMILES string of the molecule is COc1c2c(c(C)c3c1C(=O)OC3)O[C@@]1(C)CC[C@H]3C(C)(C)OC(=O)CC[C@]3(C)[C@H]1C2. The Kier molecular flexibility index (Phi) is 4.26. The van der Waals surface area contributed by atoms with Crippen molar-refractivity contribution in [3.63, 3.8) is 0 Å². The smallest absolute Gasteiger partial charge is 0.342 e. The molecule has 31 heavy (non-hydrogen) atoms. The third kappa shape index (κ3) is 2.69. The lowest BCUT2D eigenvalue weighted by Gasteiger charge is -2.59. The van der Waals surface area contributed by atoms with E-state index in [9.17, 15) is 9.59 Å². The van der Waals surface area contributed by atoms with Crippen molar-refractivity contribution in [2.45, 2.75) is 84.5 Å². The fourth-order valence-electron chi connectivity index (χ4n) is 7.26. The normalized spacial score (nSPS) is 35.4. The Morgan fingerprint density at radius 2 is 1.74 bits per heavy atom. The van der Waals surface area contributed by atoms with E-state index >= 15 is 0 Å². The minimum atomic E-state index is -0.522. The van der Waals surface area contributed by atoms with Gasteiger partial charge in [0.1, 0.15) is 34.9 Å². The van der Waals surface area contributed by atoms with Gasteiger partial charge in [0.15, 0.2) is 0 Å². The molecule has 6 heteroatoms. The maximum atomic E-state index is 12.5. The number of rotatable bonds is 1. The number of methoxy groups -OCH3 is 1. The summed E-state index contributed by atoms with van der Waals surface area (Å²) in [5.41, 5.74) is 2.33. The van der Waals surface area contributed by atoms with Gasteiger partial charge >= 0.3 is 11.9 Å². The monoisotopic (exact) mass is 428 g/mol. The molecule has 2 fully saturated rings. The lowest BCUT2D eigenvalue weighted by Crippen LogP contribution is -2.61. The molecule has 0 amide bonds. The molecular weight excluding hydrogens is 396 g/mol. The summed E-state index contributed by atoms with van der Waals surface area (Å²) in [6.45, 7) is 10.9. The summed E-state index contributed by atoms with van der Waals surface area (Å²) in [6, 6.07) is 0. The first-order valence-corrected chi connectivity index (χ1v) is 11.3. The summed E-state index contributed by atoms with van der Waals surface area (Å²) in [7, 11) is 1.61. The van der Waals surface area contributed by atoms with Gasteiger partial charge in [-0.25, -0.2) is 4.79 Å². The zero-order valence-corrected chi connectivity index (χ0v) is 19.3. The van der Waals surface area contributed by atoms with E-state index < -0.39 is 5.60 Å². The Labute approximate surface area is 183 Å². The van der Waals surface area contributed by atoms with Gasteiger partial charge in [0.25, 0.3) is 0 Å². The minimum Gasteiger partial charge on any atom is -0.495 e. The first-order chi connectivity index (χ1) is 14.5. The van der Waals surface area contributed by atoms with E-state index in [1.807, 2.05) is 20.8 Å². The van der Waals surface area contributed by atoms with Gasteiger partial charge < -0.3 is 18.9 Å². The van der Waals surface area contributed by atoms with Crippen molar-refractivity contribution in [3.05, 3.63) is 22.3 Å². The van der Waals surface area contributed by atoms with Crippen molar-refractivity contribution in [2.75, 3.05) is 7.11 Å². The predicted molar refractivity (Wildman–Crippen MR) is 113 cm³/mol. The van der Waals surface area contributed by atoms with E-state index in [2.05, 4.69) is 13.8 Å². The summed E-state index contributed by atoms with van der Waals surface area (Å²) in [5.74, 6) is 1.40. The third-order valence-electron chi connectivity index (χ3n) is 8.71. The van der Waals surface area contributed by atoms with Crippen LogP contribution in [0.5, 0.6) is 11.5 Å². The average Bonchev–Trinajstić information content (AvgIpc) is 3.04. The van der Waals surface area contributed by atoms with Gasteiger partial charge in [-0.3, -0.25) is 4.79 Å². The molecule has 4 atom stereocenters. The molecular formula is C25H32O6. The molecule has 0 bridgehead atoms. The summed E-state index contributed by atoms with van der Waals surface area (Å²) >= 11 is 0. The summed E-state index contributed by atoms with van der Waals surface area (Å²) in [4.78, 5) is 24.9. The molecule has 168 valence electrons. The van der Waals surface area contributed by atoms with Crippen LogP contribution in [0.2, 0.25) is 0 Å². The lowest BCUT2D eigenvalue weighted by molar-refractivity contribution is -0.178. The Morgan fingerprint density at radius 1 is 1.00 bits per heavy atom. The van der Waals surface area contributed by atoms with E-state index in [-0.39, 0.29) is 41.4 Å². The number of carbonyl (C=O) groups excluding carboxylic acids is 2. The molecule has 3 aliphatic heterocycles. The largest absolute Gasteiger partial charge is 0.495 e. The minimum absolute atomic E-state index is 0.117. The molecule has 1 aromatic carbocycles. The van der Waals surface area contributed by atoms with Gasteiger partial charge in [0.05, 0.1) is 7.11 Å². The fraction of sp³-hybridized carbons (Fsp3) is 0.680. The van der Waals surface area contributed by atoms with E-state index in [0.29, 0.717) is 17.7 Å². The molecule has 5 rings (SSSR count). The highest BCUT2D eigenvalue weighted by molar-refractivity contribution is 5.98. The number of hydrogen-bond acceptors (Lipinski definition) is 6. The van der Waals surface area contributed by atoms with Crippen molar-refractivity contribution in [1.82, 2.24) is 0 Å². The highest BCUT2D eigenvalue weighted by Gasteiger charge is 2.62. The maximum Gasteiger partial charge on any atom is 0.342 e. The standard InChI is InChI=1S/C25H32O6/c1-13-15-12-29-22(27)19(15)21(28-6)14-11-17-24(4)9-8-18(26)30-23(2,3)16(24)7-10-25(17,5)31-20(13)14/h16-17H,7-12H2,1-6H3/t16-,17+,24-,25-/m0/s1. The first kappa shape index (κ1) is 20.7. The van der Waals surface area contributed by atoms with Crippen LogP contribution in [0.15, 0.2) is 0 Å². The van der Waals surface area contributed by atoms with Gasteiger partial charge in [-0.2, -0.15) is 0 Å². The Balaban J connectivity index is 1.67. The molecule has 0 unspecified atom stereocenters. The van der Waals surface area contributed by atoms with Crippen molar-refractivity contribution < 1.29 is 28.5 Å². The van der Waals surface area contributed by atoms with Crippen molar-refractivity contribution >= 4 is 11.9 Å². The quantitative estimate of drug-likeness (QED) is 0.613. The molecule has 1 aliphatic carbocycles. The molecule has 6 nitrogen and oxygen atoms in total. The summed E-state index contributed by atoms with van der Waals surface area (Å²) in [5, 5.41) is 0. The van der Waals surface area contributed by atoms with E-state index in [1.165, 1.54) is 0 Å². The zero-order valence-electron chi connectivity index (χ0n) is 19.3. The molecule has 1 saturated heterocycles. The molecule has 3 heterocycles. The van der Waals surface area contributed by atoms with Crippen LogP contribution in [0, 0.1) is 24.2 Å².